The summed E-state index contributed by atoms with van der Waals surface area (Å²) in [6, 6.07) is 0. The molecular formula is C10H17N5O. The van der Waals surface area contributed by atoms with Crippen LogP contribution in [0.15, 0.2) is 0 Å². The number of nitrogens with two attached hydrogens (primary N) is 1. The van der Waals surface area contributed by atoms with E-state index in [1.165, 1.54) is 0 Å². The molecule has 3 N–H and O–H groups in total. The number of amides is 1. The summed E-state index contributed by atoms with van der Waals surface area (Å²) in [4.78, 5) is 13.6. The zero-order valence-electron chi connectivity index (χ0n) is 9.66. The van der Waals surface area contributed by atoms with E-state index in [2.05, 4.69) is 15.3 Å². The maximum absolute atomic E-state index is 11.4. The molecule has 1 aromatic rings. The molecule has 88 valence electrons. The van der Waals surface area contributed by atoms with Crippen molar-refractivity contribution in [1.29, 1.82) is 0 Å². The third-order valence-corrected chi connectivity index (χ3v) is 2.85. The van der Waals surface area contributed by atoms with Gasteiger partial charge in [0.15, 0.2) is 0 Å². The third-order valence-electron chi connectivity index (χ3n) is 2.85. The second kappa shape index (κ2) is 4.13. The van der Waals surface area contributed by atoms with Crippen molar-refractivity contribution in [1.82, 2.24) is 15.1 Å². The van der Waals surface area contributed by atoms with Gasteiger partial charge in [-0.1, -0.05) is 0 Å². The summed E-state index contributed by atoms with van der Waals surface area (Å²) in [5.41, 5.74) is 6.64. The molecule has 1 aromatic heterocycles. The van der Waals surface area contributed by atoms with E-state index in [0.29, 0.717) is 11.3 Å². The smallest absolute Gasteiger partial charge is 0.254 e. The first-order valence-corrected chi connectivity index (χ1v) is 5.40. The van der Waals surface area contributed by atoms with Crippen molar-refractivity contribution >= 4 is 11.7 Å². The van der Waals surface area contributed by atoms with E-state index in [9.17, 15) is 4.79 Å². The molecule has 0 radical (unpaired) electrons. The lowest BCUT2D eigenvalue weighted by atomic mass is 10.2. The van der Waals surface area contributed by atoms with Gasteiger partial charge in [0.1, 0.15) is 11.4 Å². The number of rotatable bonds is 2. The molecule has 0 saturated carbocycles. The molecule has 1 saturated heterocycles. The van der Waals surface area contributed by atoms with E-state index in [1.807, 2.05) is 14.0 Å². The van der Waals surface area contributed by atoms with Crippen LogP contribution in [-0.4, -0.2) is 41.9 Å². The monoisotopic (exact) mass is 223 g/mol. The highest BCUT2D eigenvalue weighted by atomic mass is 16.1. The van der Waals surface area contributed by atoms with Crippen LogP contribution in [0.2, 0.25) is 0 Å². The predicted molar refractivity (Wildman–Crippen MR) is 61.5 cm³/mol. The summed E-state index contributed by atoms with van der Waals surface area (Å²) in [5, 5.41) is 7.53. The first-order chi connectivity index (χ1) is 7.61. The van der Waals surface area contributed by atoms with Gasteiger partial charge in [0.25, 0.3) is 5.91 Å². The molecule has 1 aliphatic heterocycles. The van der Waals surface area contributed by atoms with E-state index >= 15 is 0 Å². The average molecular weight is 223 g/mol. The van der Waals surface area contributed by atoms with Gasteiger partial charge in [-0.25, -0.2) is 0 Å². The maximum atomic E-state index is 11.4. The van der Waals surface area contributed by atoms with Gasteiger partial charge in [-0.2, -0.15) is 5.10 Å². The Bertz CT molecular complexity index is 406. The Balaban J connectivity index is 2.41. The van der Waals surface area contributed by atoms with Gasteiger partial charge in [-0.05, 0) is 6.92 Å². The fraction of sp³-hybridized carbons (Fsp3) is 0.600. The number of hydrogen-bond acceptors (Lipinski definition) is 4. The normalized spacial score (nSPS) is 16.5. The molecule has 1 aliphatic rings. The Morgan fingerprint density at radius 3 is 2.62 bits per heavy atom. The van der Waals surface area contributed by atoms with Gasteiger partial charge >= 0.3 is 0 Å². The van der Waals surface area contributed by atoms with Crippen LogP contribution >= 0.6 is 0 Å². The molecule has 0 unspecified atom stereocenters. The Kier molecular flexibility index (Phi) is 2.82. The number of primary amides is 1. The average Bonchev–Trinajstić information content (AvgIpc) is 2.55. The van der Waals surface area contributed by atoms with Crippen LogP contribution in [0.3, 0.4) is 0 Å². The van der Waals surface area contributed by atoms with E-state index < -0.39 is 5.91 Å². The van der Waals surface area contributed by atoms with Crippen molar-refractivity contribution in [2.24, 2.45) is 12.8 Å². The SMILES string of the molecule is Cc1nn(C)c(N2CCNCC2)c1C(N)=O. The van der Waals surface area contributed by atoms with Crippen LogP contribution in [0.25, 0.3) is 0 Å². The number of carbonyl (C=O) groups is 1. The third kappa shape index (κ3) is 1.76. The van der Waals surface area contributed by atoms with Gasteiger partial charge in [0.05, 0.1) is 5.69 Å². The summed E-state index contributed by atoms with van der Waals surface area (Å²) in [7, 11) is 1.84. The van der Waals surface area contributed by atoms with E-state index in [4.69, 9.17) is 5.73 Å². The Morgan fingerprint density at radius 2 is 2.06 bits per heavy atom. The first kappa shape index (κ1) is 10.9. The lowest BCUT2D eigenvalue weighted by molar-refractivity contribution is 0.1000. The summed E-state index contributed by atoms with van der Waals surface area (Å²) < 4.78 is 1.74. The van der Waals surface area contributed by atoms with Crippen LogP contribution in [0.5, 0.6) is 0 Å². The summed E-state index contributed by atoms with van der Waals surface area (Å²) >= 11 is 0. The zero-order valence-corrected chi connectivity index (χ0v) is 9.66. The zero-order chi connectivity index (χ0) is 11.7. The number of nitrogens with one attached hydrogen (secondary N) is 1. The van der Waals surface area contributed by atoms with Gasteiger partial charge < -0.3 is 16.0 Å². The highest BCUT2D eigenvalue weighted by molar-refractivity contribution is 5.99. The molecule has 0 spiro atoms. The van der Waals surface area contributed by atoms with Crippen LogP contribution in [0.4, 0.5) is 5.82 Å². The van der Waals surface area contributed by atoms with E-state index in [1.54, 1.807) is 4.68 Å². The highest BCUT2D eigenvalue weighted by Crippen LogP contribution is 2.22. The molecular weight excluding hydrogens is 206 g/mol. The predicted octanol–water partition coefficient (Wildman–Crippen LogP) is -0.763. The second-order valence-corrected chi connectivity index (χ2v) is 4.01. The lowest BCUT2D eigenvalue weighted by Gasteiger charge is -2.29. The number of anilines is 1. The van der Waals surface area contributed by atoms with Gasteiger partial charge in [0.2, 0.25) is 0 Å². The maximum Gasteiger partial charge on any atom is 0.254 e. The fourth-order valence-electron chi connectivity index (χ4n) is 2.17. The Morgan fingerprint density at radius 1 is 1.44 bits per heavy atom. The number of nitrogens with zero attached hydrogens (tertiary/aromatic N) is 3. The molecule has 0 aromatic carbocycles. The first-order valence-electron chi connectivity index (χ1n) is 5.40. The molecule has 0 bridgehead atoms. The molecule has 0 atom stereocenters. The molecule has 6 heteroatoms. The summed E-state index contributed by atoms with van der Waals surface area (Å²) in [6.45, 7) is 5.40. The second-order valence-electron chi connectivity index (χ2n) is 4.01. The molecule has 6 nitrogen and oxygen atoms in total. The minimum Gasteiger partial charge on any atom is -0.365 e. The molecule has 1 fully saturated rings. The van der Waals surface area contributed by atoms with Crippen LogP contribution in [0, 0.1) is 6.92 Å². The topological polar surface area (TPSA) is 76.2 Å². The number of piperazine rings is 1. The molecule has 2 heterocycles. The summed E-state index contributed by atoms with van der Waals surface area (Å²) in [6.07, 6.45) is 0. The lowest BCUT2D eigenvalue weighted by Crippen LogP contribution is -2.45. The van der Waals surface area contributed by atoms with Crippen molar-refractivity contribution in [3.05, 3.63) is 11.3 Å². The van der Waals surface area contributed by atoms with Crippen LogP contribution in [-0.2, 0) is 7.05 Å². The number of aryl methyl sites for hydroxylation is 2. The minimum atomic E-state index is -0.404. The number of hydrogen-bond donors (Lipinski definition) is 2. The molecule has 1 amide bonds. The Hall–Kier alpha value is -1.56. The van der Waals surface area contributed by atoms with Gasteiger partial charge in [-0.3, -0.25) is 9.48 Å². The van der Waals surface area contributed by atoms with Crippen molar-refractivity contribution in [2.75, 3.05) is 31.1 Å². The van der Waals surface area contributed by atoms with Crippen molar-refractivity contribution in [3.63, 3.8) is 0 Å². The number of carbonyl (C=O) groups excluding carboxylic acids is 1. The largest absolute Gasteiger partial charge is 0.365 e. The Labute approximate surface area is 94.4 Å². The minimum absolute atomic E-state index is 0.404. The standard InChI is InChI=1S/C10H17N5O/c1-7-8(9(11)16)10(14(2)13-7)15-5-3-12-4-6-15/h12H,3-6H2,1-2H3,(H2,11,16). The quantitative estimate of drug-likeness (QED) is 0.691. The van der Waals surface area contributed by atoms with Crippen molar-refractivity contribution in [3.8, 4) is 0 Å². The van der Waals surface area contributed by atoms with Crippen molar-refractivity contribution in [2.45, 2.75) is 6.92 Å². The summed E-state index contributed by atoms with van der Waals surface area (Å²) in [5.74, 6) is 0.436. The van der Waals surface area contributed by atoms with Crippen LogP contribution in [0.1, 0.15) is 16.1 Å². The number of aromatic nitrogens is 2. The van der Waals surface area contributed by atoms with Gasteiger partial charge in [0, 0.05) is 33.2 Å². The van der Waals surface area contributed by atoms with E-state index in [-0.39, 0.29) is 0 Å². The molecule has 2 rings (SSSR count). The van der Waals surface area contributed by atoms with E-state index in [0.717, 1.165) is 32.0 Å². The highest BCUT2D eigenvalue weighted by Gasteiger charge is 2.23. The van der Waals surface area contributed by atoms with Crippen molar-refractivity contribution < 1.29 is 4.79 Å². The van der Waals surface area contributed by atoms with Gasteiger partial charge in [-0.15, -0.1) is 0 Å². The molecule has 0 aliphatic carbocycles. The van der Waals surface area contributed by atoms with Crippen LogP contribution < -0.4 is 16.0 Å². The molecule has 16 heavy (non-hydrogen) atoms. The fourth-order valence-corrected chi connectivity index (χ4v) is 2.17.